The van der Waals surface area contributed by atoms with Crippen molar-refractivity contribution in [3.8, 4) is 55.6 Å². The highest BCUT2D eigenvalue weighted by atomic mass is 15.1. The van der Waals surface area contributed by atoms with Crippen LogP contribution in [0.15, 0.2) is 224 Å². The lowest BCUT2D eigenvalue weighted by molar-refractivity contribution is 0.660. The smallest absolute Gasteiger partial charge is 0.0465 e. The summed E-state index contributed by atoms with van der Waals surface area (Å²) in [6.07, 6.45) is 0. The molecule has 11 rings (SSSR count). The summed E-state index contributed by atoms with van der Waals surface area (Å²) in [5.74, 6) is 0. The van der Waals surface area contributed by atoms with Crippen LogP contribution in [0.25, 0.3) is 77.2 Å². The van der Waals surface area contributed by atoms with E-state index in [0.717, 1.165) is 17.1 Å². The van der Waals surface area contributed by atoms with E-state index < -0.39 is 0 Å². The van der Waals surface area contributed by atoms with Crippen LogP contribution in [0, 0.1) is 0 Å². The number of rotatable bonds is 7. The lowest BCUT2D eigenvalue weighted by atomic mass is 9.81. The topological polar surface area (TPSA) is 3.24 Å². The molecule has 1 aliphatic rings. The van der Waals surface area contributed by atoms with E-state index in [2.05, 4.69) is 243 Å². The van der Waals surface area contributed by atoms with E-state index in [-0.39, 0.29) is 5.41 Å². The van der Waals surface area contributed by atoms with Crippen molar-refractivity contribution in [2.24, 2.45) is 0 Å². The van der Waals surface area contributed by atoms with Gasteiger partial charge < -0.3 is 4.90 Å². The molecule has 0 saturated heterocycles. The summed E-state index contributed by atoms with van der Waals surface area (Å²) in [4.78, 5) is 2.40. The van der Waals surface area contributed by atoms with Crippen LogP contribution in [0.1, 0.15) is 25.0 Å². The lowest BCUT2D eigenvalue weighted by Crippen LogP contribution is -2.16. The molecule has 0 unspecified atom stereocenters. The molecule has 0 bridgehead atoms. The van der Waals surface area contributed by atoms with Gasteiger partial charge in [-0.25, -0.2) is 0 Å². The Bertz CT molecular complexity index is 3190. The Labute approximate surface area is 352 Å². The predicted molar refractivity (Wildman–Crippen MR) is 255 cm³/mol. The number of anilines is 3. The summed E-state index contributed by atoms with van der Waals surface area (Å²) in [6, 6.07) is 82.3. The zero-order valence-corrected chi connectivity index (χ0v) is 33.8. The van der Waals surface area contributed by atoms with E-state index in [9.17, 15) is 0 Å². The summed E-state index contributed by atoms with van der Waals surface area (Å²) in [5.41, 5.74) is 18.3. The molecule has 284 valence electrons. The monoisotopic (exact) mass is 765 g/mol. The summed E-state index contributed by atoms with van der Waals surface area (Å²) in [5, 5.41) is 5.07. The standard InChI is InChI=1S/C59H43N/c1-59(2)57-38-49(48-24-21-41-13-6-7-15-47(41)37-48)29-35-55(57)56-36-34-52(39-58(56)59)60(50-30-25-43(26-31-50)40-11-4-3-5-12-40)51-32-27-44(28-33-51)42-19-22-46(23-20-42)54-18-10-16-45-14-8-9-17-53(45)54/h3-39H,1-2H3. The molecule has 1 nitrogen and oxygen atoms in total. The molecule has 0 saturated carbocycles. The molecule has 10 aromatic rings. The van der Waals surface area contributed by atoms with Gasteiger partial charge >= 0.3 is 0 Å². The van der Waals surface area contributed by atoms with Crippen LogP contribution in [-0.4, -0.2) is 0 Å². The van der Waals surface area contributed by atoms with E-state index in [1.165, 1.54) is 88.3 Å². The Morgan fingerprint density at radius 1 is 0.283 bits per heavy atom. The van der Waals surface area contributed by atoms with Gasteiger partial charge in [-0.2, -0.15) is 0 Å². The first kappa shape index (κ1) is 35.7. The molecule has 0 aliphatic heterocycles. The molecule has 1 aliphatic carbocycles. The van der Waals surface area contributed by atoms with Crippen LogP contribution in [0.2, 0.25) is 0 Å². The Kier molecular flexibility index (Phi) is 8.57. The average molecular weight is 766 g/mol. The number of hydrogen-bond donors (Lipinski definition) is 0. The minimum Gasteiger partial charge on any atom is -0.310 e. The van der Waals surface area contributed by atoms with Crippen LogP contribution >= 0.6 is 0 Å². The van der Waals surface area contributed by atoms with Crippen molar-refractivity contribution in [3.05, 3.63) is 236 Å². The third-order valence-corrected chi connectivity index (χ3v) is 12.7. The Hall–Kier alpha value is -7.48. The second-order valence-electron chi connectivity index (χ2n) is 16.6. The van der Waals surface area contributed by atoms with E-state index in [1.807, 2.05) is 0 Å². The summed E-state index contributed by atoms with van der Waals surface area (Å²) in [6.45, 7) is 4.76. The molecule has 10 aromatic carbocycles. The minimum atomic E-state index is -0.182. The molecule has 0 heterocycles. The van der Waals surface area contributed by atoms with Gasteiger partial charge in [0.2, 0.25) is 0 Å². The molecule has 60 heavy (non-hydrogen) atoms. The molecule has 0 N–H and O–H groups in total. The summed E-state index contributed by atoms with van der Waals surface area (Å²) in [7, 11) is 0. The van der Waals surface area contributed by atoms with Crippen LogP contribution in [0.4, 0.5) is 17.1 Å². The fourth-order valence-corrected chi connectivity index (χ4v) is 9.42. The van der Waals surface area contributed by atoms with Gasteiger partial charge in [-0.15, -0.1) is 0 Å². The first-order chi connectivity index (χ1) is 29.5. The Morgan fingerprint density at radius 2 is 0.750 bits per heavy atom. The first-order valence-corrected chi connectivity index (χ1v) is 20.9. The molecule has 0 atom stereocenters. The van der Waals surface area contributed by atoms with Crippen LogP contribution < -0.4 is 4.90 Å². The third-order valence-electron chi connectivity index (χ3n) is 12.7. The third kappa shape index (κ3) is 6.19. The fraction of sp³-hybridized carbons (Fsp3) is 0.0508. The maximum atomic E-state index is 2.43. The van der Waals surface area contributed by atoms with Crippen molar-refractivity contribution < 1.29 is 0 Å². The number of nitrogens with zero attached hydrogens (tertiary/aromatic N) is 1. The number of benzene rings is 10. The Balaban J connectivity index is 0.953. The molecule has 0 fully saturated rings. The van der Waals surface area contributed by atoms with Gasteiger partial charge in [0.05, 0.1) is 0 Å². The van der Waals surface area contributed by atoms with Crippen molar-refractivity contribution in [2.75, 3.05) is 4.90 Å². The van der Waals surface area contributed by atoms with Gasteiger partial charge in [0, 0.05) is 22.5 Å². The highest BCUT2D eigenvalue weighted by Gasteiger charge is 2.36. The van der Waals surface area contributed by atoms with E-state index in [0.29, 0.717) is 0 Å². The minimum absolute atomic E-state index is 0.182. The van der Waals surface area contributed by atoms with E-state index >= 15 is 0 Å². The van der Waals surface area contributed by atoms with Crippen molar-refractivity contribution >= 4 is 38.6 Å². The normalized spacial score (nSPS) is 12.6. The van der Waals surface area contributed by atoms with Gasteiger partial charge in [0.25, 0.3) is 0 Å². The predicted octanol–water partition coefficient (Wildman–Crippen LogP) is 16.4. The average Bonchev–Trinajstić information content (AvgIpc) is 3.54. The second kappa shape index (κ2) is 14.4. The maximum absolute atomic E-state index is 2.43. The summed E-state index contributed by atoms with van der Waals surface area (Å²) >= 11 is 0. The highest BCUT2D eigenvalue weighted by molar-refractivity contribution is 5.97. The highest BCUT2D eigenvalue weighted by Crippen LogP contribution is 2.52. The second-order valence-corrected chi connectivity index (χ2v) is 16.6. The van der Waals surface area contributed by atoms with Crippen LogP contribution in [0.3, 0.4) is 0 Å². The number of fused-ring (bicyclic) bond motifs is 5. The fourth-order valence-electron chi connectivity index (χ4n) is 9.42. The van der Waals surface area contributed by atoms with Gasteiger partial charge in [-0.05, 0) is 137 Å². The Morgan fingerprint density at radius 3 is 1.45 bits per heavy atom. The van der Waals surface area contributed by atoms with Crippen LogP contribution in [0.5, 0.6) is 0 Å². The quantitative estimate of drug-likeness (QED) is 0.156. The van der Waals surface area contributed by atoms with Gasteiger partial charge in [0.15, 0.2) is 0 Å². The molecule has 1 heteroatoms. The largest absolute Gasteiger partial charge is 0.310 e. The van der Waals surface area contributed by atoms with Crippen molar-refractivity contribution in [1.82, 2.24) is 0 Å². The lowest BCUT2D eigenvalue weighted by Gasteiger charge is -2.28. The number of hydrogen-bond acceptors (Lipinski definition) is 1. The molecule has 0 aromatic heterocycles. The van der Waals surface area contributed by atoms with Crippen molar-refractivity contribution in [3.63, 3.8) is 0 Å². The van der Waals surface area contributed by atoms with Crippen molar-refractivity contribution in [2.45, 2.75) is 19.3 Å². The zero-order chi connectivity index (χ0) is 40.2. The molecule has 0 radical (unpaired) electrons. The zero-order valence-electron chi connectivity index (χ0n) is 33.8. The van der Waals surface area contributed by atoms with Crippen molar-refractivity contribution in [1.29, 1.82) is 0 Å². The summed E-state index contributed by atoms with van der Waals surface area (Å²) < 4.78 is 0. The van der Waals surface area contributed by atoms with Gasteiger partial charge in [0.1, 0.15) is 0 Å². The van der Waals surface area contributed by atoms with Gasteiger partial charge in [-0.1, -0.05) is 190 Å². The van der Waals surface area contributed by atoms with Crippen LogP contribution in [-0.2, 0) is 5.41 Å². The maximum Gasteiger partial charge on any atom is 0.0465 e. The molecule has 0 amide bonds. The van der Waals surface area contributed by atoms with E-state index in [4.69, 9.17) is 0 Å². The first-order valence-electron chi connectivity index (χ1n) is 20.9. The SMILES string of the molecule is CC1(C)c2cc(-c3ccc4ccccc4c3)ccc2-c2ccc(N(c3ccc(-c4ccccc4)cc3)c3ccc(-c4ccc(-c5cccc6ccccc56)cc4)cc3)cc21. The molecular weight excluding hydrogens is 723 g/mol. The molecule has 0 spiro atoms. The van der Waals surface area contributed by atoms with Gasteiger partial charge in [-0.3, -0.25) is 0 Å². The van der Waals surface area contributed by atoms with E-state index in [1.54, 1.807) is 0 Å². The molecular formula is C59H43N.